The maximum absolute atomic E-state index is 13.1. The minimum atomic E-state index is -0.748. The molecular formula is C28H43N5O3. The highest BCUT2D eigenvalue weighted by molar-refractivity contribution is 5.90. The molecule has 0 radical (unpaired) electrons. The van der Waals surface area contributed by atoms with Crippen LogP contribution in [0.25, 0.3) is 0 Å². The lowest BCUT2D eigenvalue weighted by Gasteiger charge is -2.24. The first kappa shape index (κ1) is 29.3. The third-order valence-electron chi connectivity index (χ3n) is 5.61. The van der Waals surface area contributed by atoms with Crippen LogP contribution in [0.15, 0.2) is 54.6 Å². The summed E-state index contributed by atoms with van der Waals surface area (Å²) in [6.07, 6.45) is 0.885. The summed E-state index contributed by atoms with van der Waals surface area (Å²) in [4.78, 5) is 25.8. The number of carbonyl (C=O) groups is 2. The number of hydrogen-bond acceptors (Lipinski definition) is 6. The molecule has 0 fully saturated rings. The molecule has 0 heterocycles. The zero-order valence-corrected chi connectivity index (χ0v) is 22.0. The van der Waals surface area contributed by atoms with Crippen LogP contribution in [0.1, 0.15) is 45.2 Å². The second kappa shape index (κ2) is 15.2. The zero-order valence-electron chi connectivity index (χ0n) is 22.0. The third kappa shape index (κ3) is 11.2. The van der Waals surface area contributed by atoms with Gasteiger partial charge in [0.25, 0.3) is 0 Å². The smallest absolute Gasteiger partial charge is 0.243 e. The van der Waals surface area contributed by atoms with E-state index >= 15 is 0 Å². The second-order valence-corrected chi connectivity index (χ2v) is 9.96. The van der Waals surface area contributed by atoms with Crippen LogP contribution in [0.5, 0.6) is 5.75 Å². The van der Waals surface area contributed by atoms with E-state index in [0.717, 1.165) is 16.9 Å². The summed E-state index contributed by atoms with van der Waals surface area (Å²) in [6, 6.07) is 16.0. The zero-order chi connectivity index (χ0) is 26.5. The summed E-state index contributed by atoms with van der Waals surface area (Å²) >= 11 is 0. The number of nitrogens with two attached hydrogens (primary N) is 2. The number of amides is 2. The quantitative estimate of drug-likeness (QED) is 0.256. The van der Waals surface area contributed by atoms with Gasteiger partial charge in [-0.25, -0.2) is 0 Å². The summed E-state index contributed by atoms with van der Waals surface area (Å²) < 4.78 is 5.86. The minimum Gasteiger partial charge on any atom is -0.489 e. The van der Waals surface area contributed by atoms with Crippen molar-refractivity contribution >= 4 is 11.8 Å². The Kier molecular flexibility index (Phi) is 12.4. The molecule has 2 aromatic rings. The molecule has 0 saturated heterocycles. The van der Waals surface area contributed by atoms with Crippen molar-refractivity contribution in [3.63, 3.8) is 0 Å². The number of nitrogens with one attached hydrogen (secondary N) is 3. The fourth-order valence-electron chi connectivity index (χ4n) is 3.72. The summed E-state index contributed by atoms with van der Waals surface area (Å²) in [7, 11) is 0. The van der Waals surface area contributed by atoms with Crippen LogP contribution in [0.3, 0.4) is 0 Å². The average Bonchev–Trinajstić information content (AvgIpc) is 2.83. The van der Waals surface area contributed by atoms with E-state index in [4.69, 9.17) is 16.2 Å². The van der Waals surface area contributed by atoms with Gasteiger partial charge in [0, 0.05) is 31.6 Å². The van der Waals surface area contributed by atoms with Crippen LogP contribution >= 0.6 is 0 Å². The van der Waals surface area contributed by atoms with E-state index in [0.29, 0.717) is 32.5 Å². The van der Waals surface area contributed by atoms with Crippen LogP contribution in [0.2, 0.25) is 0 Å². The topological polar surface area (TPSA) is 132 Å². The van der Waals surface area contributed by atoms with Gasteiger partial charge in [0.15, 0.2) is 0 Å². The molecule has 2 rings (SSSR count). The first-order chi connectivity index (χ1) is 17.1. The lowest BCUT2D eigenvalue weighted by atomic mass is 10.0. The van der Waals surface area contributed by atoms with Crippen molar-refractivity contribution in [2.24, 2.45) is 17.4 Å². The van der Waals surface area contributed by atoms with Gasteiger partial charge in [-0.3, -0.25) is 9.59 Å². The summed E-state index contributed by atoms with van der Waals surface area (Å²) in [6.45, 7) is 9.56. The molecule has 0 bridgehead atoms. The van der Waals surface area contributed by atoms with Crippen molar-refractivity contribution in [1.82, 2.24) is 16.0 Å². The van der Waals surface area contributed by atoms with Crippen molar-refractivity contribution in [2.75, 3.05) is 13.1 Å². The van der Waals surface area contributed by atoms with Gasteiger partial charge in [-0.05, 0) is 49.4 Å². The van der Waals surface area contributed by atoms with E-state index in [-0.39, 0.29) is 29.8 Å². The molecule has 0 aromatic heterocycles. The first-order valence-electron chi connectivity index (χ1n) is 12.7. The maximum Gasteiger partial charge on any atom is 0.243 e. The standard InChI is InChI=1S/C28H43N5O3/c1-19(2)14-25(30)27(34)33-26(28(35)32-21(4)17-31-16-20(3)29)15-22-10-12-24(13-11-22)36-18-23-8-6-5-7-9-23/h5-13,19-21,25-26,31H,14-18,29-30H2,1-4H3,(H,32,35)(H,33,34). The number of hydrogen-bond donors (Lipinski definition) is 5. The molecule has 0 saturated carbocycles. The molecule has 2 aromatic carbocycles. The summed E-state index contributed by atoms with van der Waals surface area (Å²) in [5, 5.41) is 9.08. The van der Waals surface area contributed by atoms with E-state index in [2.05, 4.69) is 16.0 Å². The van der Waals surface area contributed by atoms with Crippen LogP contribution in [0, 0.1) is 5.92 Å². The molecular weight excluding hydrogens is 454 g/mol. The Hall–Kier alpha value is -2.94. The molecule has 0 aliphatic rings. The lowest BCUT2D eigenvalue weighted by Crippen LogP contribution is -2.55. The number of rotatable bonds is 15. The predicted octanol–water partition coefficient (Wildman–Crippen LogP) is 2.11. The van der Waals surface area contributed by atoms with Gasteiger partial charge < -0.3 is 32.2 Å². The van der Waals surface area contributed by atoms with Crippen molar-refractivity contribution in [2.45, 2.75) is 71.3 Å². The normalized spacial score (nSPS) is 14.5. The average molecular weight is 498 g/mol. The molecule has 7 N–H and O–H groups in total. The predicted molar refractivity (Wildman–Crippen MR) is 144 cm³/mol. The van der Waals surface area contributed by atoms with Crippen LogP contribution in [-0.4, -0.2) is 49.1 Å². The SMILES string of the molecule is CC(C)CC(N)C(=O)NC(Cc1ccc(OCc2ccccc2)cc1)C(=O)NC(C)CNCC(C)N. The van der Waals surface area contributed by atoms with Gasteiger partial charge in [0.2, 0.25) is 11.8 Å². The highest BCUT2D eigenvalue weighted by Gasteiger charge is 2.25. The lowest BCUT2D eigenvalue weighted by molar-refractivity contribution is -0.130. The third-order valence-corrected chi connectivity index (χ3v) is 5.61. The maximum atomic E-state index is 13.1. The number of carbonyl (C=O) groups excluding carboxylic acids is 2. The molecule has 0 spiro atoms. The second-order valence-electron chi connectivity index (χ2n) is 9.96. The number of ether oxygens (including phenoxy) is 1. The number of benzene rings is 2. The van der Waals surface area contributed by atoms with Gasteiger partial charge in [0.1, 0.15) is 18.4 Å². The Morgan fingerprint density at radius 3 is 2.11 bits per heavy atom. The Morgan fingerprint density at radius 2 is 1.50 bits per heavy atom. The Bertz CT molecular complexity index is 919. The fraction of sp³-hybridized carbons (Fsp3) is 0.500. The molecule has 198 valence electrons. The summed E-state index contributed by atoms with van der Waals surface area (Å²) in [5.41, 5.74) is 13.8. The van der Waals surface area contributed by atoms with Crippen LogP contribution in [-0.2, 0) is 22.6 Å². The van der Waals surface area contributed by atoms with E-state index in [9.17, 15) is 9.59 Å². The summed E-state index contributed by atoms with van der Waals surface area (Å²) in [5.74, 6) is 0.437. The van der Waals surface area contributed by atoms with Crippen molar-refractivity contribution in [3.8, 4) is 5.75 Å². The Morgan fingerprint density at radius 1 is 0.833 bits per heavy atom. The van der Waals surface area contributed by atoms with E-state index in [1.807, 2.05) is 82.3 Å². The molecule has 0 aliphatic carbocycles. The molecule has 0 aliphatic heterocycles. The van der Waals surface area contributed by atoms with Gasteiger partial charge in [-0.2, -0.15) is 0 Å². The molecule has 8 heteroatoms. The fourth-order valence-corrected chi connectivity index (χ4v) is 3.72. The van der Waals surface area contributed by atoms with E-state index in [1.54, 1.807) is 0 Å². The first-order valence-corrected chi connectivity index (χ1v) is 12.7. The Balaban J connectivity index is 2.02. The highest BCUT2D eigenvalue weighted by Crippen LogP contribution is 2.16. The van der Waals surface area contributed by atoms with E-state index in [1.165, 1.54) is 0 Å². The van der Waals surface area contributed by atoms with Gasteiger partial charge in [0.05, 0.1) is 6.04 Å². The minimum absolute atomic E-state index is 0.0297. The highest BCUT2D eigenvalue weighted by atomic mass is 16.5. The van der Waals surface area contributed by atoms with Gasteiger partial charge in [-0.15, -0.1) is 0 Å². The largest absolute Gasteiger partial charge is 0.489 e. The molecule has 2 amide bonds. The van der Waals surface area contributed by atoms with Crippen molar-refractivity contribution in [1.29, 1.82) is 0 Å². The molecule has 36 heavy (non-hydrogen) atoms. The van der Waals surface area contributed by atoms with Crippen molar-refractivity contribution in [3.05, 3.63) is 65.7 Å². The van der Waals surface area contributed by atoms with Gasteiger partial charge >= 0.3 is 0 Å². The Labute approximate surface area is 215 Å². The molecule has 4 unspecified atom stereocenters. The molecule has 8 nitrogen and oxygen atoms in total. The van der Waals surface area contributed by atoms with Crippen LogP contribution < -0.4 is 32.2 Å². The van der Waals surface area contributed by atoms with Crippen molar-refractivity contribution < 1.29 is 14.3 Å². The van der Waals surface area contributed by atoms with E-state index < -0.39 is 12.1 Å². The molecule has 4 atom stereocenters. The van der Waals surface area contributed by atoms with Crippen LogP contribution in [0.4, 0.5) is 0 Å². The van der Waals surface area contributed by atoms with Gasteiger partial charge in [-0.1, -0.05) is 56.3 Å². The monoisotopic (exact) mass is 497 g/mol.